The minimum absolute atomic E-state index is 0.0450. The zero-order valence-corrected chi connectivity index (χ0v) is 10.9. The fraction of sp³-hybridized carbons (Fsp3) is 0.133. The summed E-state index contributed by atoms with van der Waals surface area (Å²) < 4.78 is 5.24. The third kappa shape index (κ3) is 3.22. The van der Waals surface area contributed by atoms with Crippen LogP contribution < -0.4 is 0 Å². The number of hydrogen-bond acceptors (Lipinski definition) is 3. The first-order valence-electron chi connectivity index (χ1n) is 5.80. The van der Waals surface area contributed by atoms with Crippen molar-refractivity contribution < 1.29 is 8.98 Å². The Bertz CT molecular complexity index is 506. The van der Waals surface area contributed by atoms with Crippen LogP contribution in [0.1, 0.15) is 22.8 Å². The third-order valence-electron chi connectivity index (χ3n) is 2.43. The maximum Gasteiger partial charge on any atom is 0.193 e. The van der Waals surface area contributed by atoms with E-state index in [0.29, 0.717) is 17.7 Å². The molecular formula is C15H14O2S. The molecule has 0 aliphatic carbocycles. The van der Waals surface area contributed by atoms with E-state index >= 15 is 0 Å². The molecule has 0 radical (unpaired) electrons. The third-order valence-corrected chi connectivity index (χ3v) is 3.24. The number of benzene rings is 2. The quantitative estimate of drug-likeness (QED) is 0.600. The molecule has 0 saturated heterocycles. The molecule has 0 spiro atoms. The Hall–Kier alpha value is -1.58. The highest BCUT2D eigenvalue weighted by atomic mass is 32.2. The first-order chi connectivity index (χ1) is 8.81. The smallest absolute Gasteiger partial charge is 0.193 e. The number of carbonyl (C=O) groups is 1. The average molecular weight is 258 g/mol. The van der Waals surface area contributed by atoms with Gasteiger partial charge in [0, 0.05) is 28.1 Å². The van der Waals surface area contributed by atoms with E-state index in [0.717, 1.165) is 4.90 Å². The van der Waals surface area contributed by atoms with Crippen LogP contribution in [0.2, 0.25) is 0 Å². The molecule has 3 heteroatoms. The van der Waals surface area contributed by atoms with E-state index in [2.05, 4.69) is 0 Å². The first kappa shape index (κ1) is 12.9. The number of hydrogen-bond donors (Lipinski definition) is 0. The fourth-order valence-corrected chi connectivity index (χ4v) is 2.05. The second-order valence-corrected chi connectivity index (χ2v) is 4.58. The number of ketones is 1. The van der Waals surface area contributed by atoms with Gasteiger partial charge in [0.2, 0.25) is 0 Å². The van der Waals surface area contributed by atoms with Crippen molar-refractivity contribution in [2.45, 2.75) is 11.8 Å². The summed E-state index contributed by atoms with van der Waals surface area (Å²) in [7, 11) is 0. The van der Waals surface area contributed by atoms with Gasteiger partial charge >= 0.3 is 0 Å². The molecule has 0 saturated carbocycles. The Morgan fingerprint density at radius 1 is 1.00 bits per heavy atom. The van der Waals surface area contributed by atoms with Crippen molar-refractivity contribution in [3.8, 4) is 0 Å². The second-order valence-electron chi connectivity index (χ2n) is 3.71. The van der Waals surface area contributed by atoms with Gasteiger partial charge in [0.25, 0.3) is 0 Å². The van der Waals surface area contributed by atoms with E-state index in [4.69, 9.17) is 4.18 Å². The SMILES string of the molecule is CCOSc1ccc(C(=O)c2ccccc2)cc1. The van der Waals surface area contributed by atoms with E-state index in [9.17, 15) is 4.79 Å². The van der Waals surface area contributed by atoms with Gasteiger partial charge in [0.05, 0.1) is 6.61 Å². The van der Waals surface area contributed by atoms with Crippen LogP contribution >= 0.6 is 12.0 Å². The molecule has 0 amide bonds. The van der Waals surface area contributed by atoms with Crippen molar-refractivity contribution in [2.24, 2.45) is 0 Å². The predicted molar refractivity (Wildman–Crippen MR) is 73.8 cm³/mol. The molecule has 0 fully saturated rings. The molecule has 0 atom stereocenters. The highest BCUT2D eigenvalue weighted by Gasteiger charge is 2.07. The molecule has 2 aromatic carbocycles. The lowest BCUT2D eigenvalue weighted by Crippen LogP contribution is -2.00. The van der Waals surface area contributed by atoms with Crippen LogP contribution in [0.15, 0.2) is 59.5 Å². The minimum atomic E-state index is 0.0450. The van der Waals surface area contributed by atoms with Gasteiger partial charge in [-0.15, -0.1) is 0 Å². The molecule has 2 aromatic rings. The second kappa shape index (κ2) is 6.38. The van der Waals surface area contributed by atoms with Crippen LogP contribution in [0.5, 0.6) is 0 Å². The van der Waals surface area contributed by atoms with Gasteiger partial charge in [-0.25, -0.2) is 0 Å². The Morgan fingerprint density at radius 3 is 2.22 bits per heavy atom. The molecule has 0 aliphatic rings. The van der Waals surface area contributed by atoms with Gasteiger partial charge in [-0.05, 0) is 31.2 Å². The van der Waals surface area contributed by atoms with Crippen molar-refractivity contribution in [1.29, 1.82) is 0 Å². The molecule has 2 nitrogen and oxygen atoms in total. The molecule has 0 heterocycles. The lowest BCUT2D eigenvalue weighted by atomic mass is 10.0. The molecule has 0 aromatic heterocycles. The molecule has 2 rings (SSSR count). The summed E-state index contributed by atoms with van der Waals surface area (Å²) in [5, 5.41) is 0. The number of carbonyl (C=O) groups excluding carboxylic acids is 1. The van der Waals surface area contributed by atoms with Crippen molar-refractivity contribution >= 4 is 17.8 Å². The van der Waals surface area contributed by atoms with Gasteiger partial charge in [-0.2, -0.15) is 0 Å². The Labute approximate surface area is 111 Å². The monoisotopic (exact) mass is 258 g/mol. The fourth-order valence-electron chi connectivity index (χ4n) is 1.55. The summed E-state index contributed by atoms with van der Waals surface area (Å²) in [5.74, 6) is 0.0450. The van der Waals surface area contributed by atoms with Crippen molar-refractivity contribution in [2.75, 3.05) is 6.61 Å². The summed E-state index contributed by atoms with van der Waals surface area (Å²) in [6, 6.07) is 16.7. The van der Waals surface area contributed by atoms with Gasteiger partial charge in [-0.1, -0.05) is 30.3 Å². The van der Waals surface area contributed by atoms with E-state index in [-0.39, 0.29) is 5.78 Å². The maximum absolute atomic E-state index is 12.1. The van der Waals surface area contributed by atoms with Gasteiger partial charge in [0.1, 0.15) is 0 Å². The molecule has 0 aliphatic heterocycles. The van der Waals surface area contributed by atoms with Crippen molar-refractivity contribution in [1.82, 2.24) is 0 Å². The Kier molecular flexibility index (Phi) is 4.56. The highest BCUT2D eigenvalue weighted by Crippen LogP contribution is 2.20. The van der Waals surface area contributed by atoms with Gasteiger partial charge in [0.15, 0.2) is 5.78 Å². The van der Waals surface area contributed by atoms with Crippen LogP contribution in [0.4, 0.5) is 0 Å². The van der Waals surface area contributed by atoms with Crippen LogP contribution in [0.3, 0.4) is 0 Å². The summed E-state index contributed by atoms with van der Waals surface area (Å²) >= 11 is 1.33. The Balaban J connectivity index is 2.12. The Morgan fingerprint density at radius 2 is 1.61 bits per heavy atom. The summed E-state index contributed by atoms with van der Waals surface area (Å²) in [5.41, 5.74) is 1.41. The lowest BCUT2D eigenvalue weighted by molar-refractivity contribution is 0.103. The molecule has 92 valence electrons. The summed E-state index contributed by atoms with van der Waals surface area (Å²) in [4.78, 5) is 13.1. The van der Waals surface area contributed by atoms with Crippen LogP contribution in [0, 0.1) is 0 Å². The van der Waals surface area contributed by atoms with Crippen LogP contribution in [-0.4, -0.2) is 12.4 Å². The minimum Gasteiger partial charge on any atom is -0.311 e. The van der Waals surface area contributed by atoms with E-state index in [1.54, 1.807) is 0 Å². The van der Waals surface area contributed by atoms with E-state index in [1.807, 2.05) is 61.5 Å². The molecule has 0 unspecified atom stereocenters. The number of rotatable bonds is 5. The van der Waals surface area contributed by atoms with Gasteiger partial charge < -0.3 is 4.18 Å². The topological polar surface area (TPSA) is 26.3 Å². The summed E-state index contributed by atoms with van der Waals surface area (Å²) in [6.45, 7) is 2.61. The maximum atomic E-state index is 12.1. The van der Waals surface area contributed by atoms with Crippen LogP contribution in [-0.2, 0) is 4.18 Å². The standard InChI is InChI=1S/C15H14O2S/c1-2-17-18-14-10-8-13(9-11-14)15(16)12-6-4-3-5-7-12/h3-11H,2H2,1H3. The zero-order valence-electron chi connectivity index (χ0n) is 10.1. The molecular weight excluding hydrogens is 244 g/mol. The van der Waals surface area contributed by atoms with E-state index in [1.165, 1.54) is 12.0 Å². The lowest BCUT2D eigenvalue weighted by Gasteiger charge is -2.03. The predicted octanol–water partition coefficient (Wildman–Crippen LogP) is 3.96. The highest BCUT2D eigenvalue weighted by molar-refractivity contribution is 7.94. The largest absolute Gasteiger partial charge is 0.311 e. The molecule has 18 heavy (non-hydrogen) atoms. The van der Waals surface area contributed by atoms with Crippen LogP contribution in [0.25, 0.3) is 0 Å². The zero-order chi connectivity index (χ0) is 12.8. The van der Waals surface area contributed by atoms with E-state index < -0.39 is 0 Å². The van der Waals surface area contributed by atoms with Crippen molar-refractivity contribution in [3.05, 3.63) is 65.7 Å². The van der Waals surface area contributed by atoms with Crippen molar-refractivity contribution in [3.63, 3.8) is 0 Å². The van der Waals surface area contributed by atoms with Gasteiger partial charge in [-0.3, -0.25) is 4.79 Å². The normalized spacial score (nSPS) is 10.3. The first-order valence-corrected chi connectivity index (χ1v) is 6.54. The average Bonchev–Trinajstić information content (AvgIpc) is 2.46. The summed E-state index contributed by atoms with van der Waals surface area (Å²) in [6.07, 6.45) is 0. The molecule has 0 bridgehead atoms. The molecule has 0 N–H and O–H groups in total.